The van der Waals surface area contributed by atoms with Gasteiger partial charge < -0.3 is 5.32 Å². The zero-order valence-electron chi connectivity index (χ0n) is 15.2. The second-order valence-electron chi connectivity index (χ2n) is 6.52. The van der Waals surface area contributed by atoms with E-state index in [-0.39, 0.29) is 0 Å². The van der Waals surface area contributed by atoms with Crippen molar-refractivity contribution in [2.75, 3.05) is 11.9 Å². The predicted molar refractivity (Wildman–Crippen MR) is 110 cm³/mol. The van der Waals surface area contributed by atoms with Crippen molar-refractivity contribution in [3.8, 4) is 11.4 Å². The number of aromatic nitrogens is 5. The fourth-order valence-corrected chi connectivity index (χ4v) is 3.26. The van der Waals surface area contributed by atoms with Crippen LogP contribution in [0, 0.1) is 0 Å². The number of pyridine rings is 1. The molecule has 3 heterocycles. The van der Waals surface area contributed by atoms with Crippen molar-refractivity contribution in [1.82, 2.24) is 24.6 Å². The molecule has 2 aromatic carbocycles. The molecule has 0 aliphatic carbocycles. The number of anilines is 1. The molecule has 0 atom stereocenters. The van der Waals surface area contributed by atoms with Crippen molar-refractivity contribution in [3.05, 3.63) is 84.7 Å². The largest absolute Gasteiger partial charge is 0.354 e. The first-order chi connectivity index (χ1) is 13.9. The number of hydrogen-bond donors (Lipinski definition) is 1. The zero-order valence-corrected chi connectivity index (χ0v) is 15.2. The van der Waals surface area contributed by atoms with Gasteiger partial charge in [-0.1, -0.05) is 42.5 Å². The molecule has 3 aromatic heterocycles. The first-order valence-corrected chi connectivity index (χ1v) is 9.22. The summed E-state index contributed by atoms with van der Waals surface area (Å²) in [7, 11) is 0. The van der Waals surface area contributed by atoms with E-state index in [0.29, 0.717) is 11.8 Å². The molecular formula is C22H18N6. The van der Waals surface area contributed by atoms with Gasteiger partial charge in [0.15, 0.2) is 11.5 Å². The minimum atomic E-state index is 0.659. The lowest BCUT2D eigenvalue weighted by Crippen LogP contribution is -2.11. The van der Waals surface area contributed by atoms with E-state index >= 15 is 0 Å². The molecule has 0 spiro atoms. The van der Waals surface area contributed by atoms with Crippen molar-refractivity contribution in [1.29, 1.82) is 0 Å². The topological polar surface area (TPSA) is 68.0 Å². The number of fused-ring (bicyclic) bond motifs is 3. The zero-order chi connectivity index (χ0) is 18.8. The highest BCUT2D eigenvalue weighted by molar-refractivity contribution is 5.92. The molecule has 136 valence electrons. The van der Waals surface area contributed by atoms with Gasteiger partial charge in [0.25, 0.3) is 0 Å². The highest BCUT2D eigenvalue weighted by Crippen LogP contribution is 2.23. The maximum Gasteiger partial charge on any atom is 0.226 e. The smallest absolute Gasteiger partial charge is 0.226 e. The van der Waals surface area contributed by atoms with E-state index in [1.54, 1.807) is 16.9 Å². The van der Waals surface area contributed by atoms with E-state index in [4.69, 9.17) is 15.1 Å². The Bertz CT molecular complexity index is 1230. The van der Waals surface area contributed by atoms with Crippen LogP contribution in [0.4, 0.5) is 5.95 Å². The molecule has 1 N–H and O–H groups in total. The normalized spacial score (nSPS) is 11.1. The number of nitrogens with one attached hydrogen (secondary N) is 1. The molecule has 0 saturated heterocycles. The van der Waals surface area contributed by atoms with E-state index in [1.807, 2.05) is 42.5 Å². The van der Waals surface area contributed by atoms with Crippen molar-refractivity contribution in [2.45, 2.75) is 6.42 Å². The van der Waals surface area contributed by atoms with E-state index in [2.05, 4.69) is 34.6 Å². The Morgan fingerprint density at radius 3 is 2.46 bits per heavy atom. The summed E-state index contributed by atoms with van der Waals surface area (Å²) in [6.45, 7) is 0.759. The Kier molecular flexibility index (Phi) is 4.14. The van der Waals surface area contributed by atoms with Crippen molar-refractivity contribution < 1.29 is 0 Å². The van der Waals surface area contributed by atoms with E-state index in [1.165, 1.54) is 5.56 Å². The molecule has 0 aliphatic rings. The lowest BCUT2D eigenvalue weighted by Gasteiger charge is -2.09. The second kappa shape index (κ2) is 7.08. The van der Waals surface area contributed by atoms with Crippen LogP contribution in [0.25, 0.3) is 27.9 Å². The summed E-state index contributed by atoms with van der Waals surface area (Å²) in [5, 5.41) is 9.12. The highest BCUT2D eigenvalue weighted by Gasteiger charge is 2.14. The average Bonchev–Trinajstić information content (AvgIpc) is 3.21. The van der Waals surface area contributed by atoms with Gasteiger partial charge in [-0.2, -0.15) is 4.52 Å². The molecule has 0 radical (unpaired) electrons. The Labute approximate surface area is 161 Å². The fourth-order valence-electron chi connectivity index (χ4n) is 3.26. The molecule has 6 nitrogen and oxygen atoms in total. The van der Waals surface area contributed by atoms with Crippen LogP contribution in [0.2, 0.25) is 0 Å². The third kappa shape index (κ3) is 3.05. The maximum absolute atomic E-state index is 4.78. The molecule has 5 rings (SSSR count). The summed E-state index contributed by atoms with van der Waals surface area (Å²) >= 11 is 0. The van der Waals surface area contributed by atoms with E-state index in [0.717, 1.165) is 35.1 Å². The van der Waals surface area contributed by atoms with Gasteiger partial charge in [-0.25, -0.2) is 9.97 Å². The van der Waals surface area contributed by atoms with Crippen LogP contribution in [0.1, 0.15) is 5.56 Å². The molecule has 0 aliphatic heterocycles. The summed E-state index contributed by atoms with van der Waals surface area (Å²) in [5.74, 6) is 1.35. The van der Waals surface area contributed by atoms with Crippen LogP contribution in [-0.4, -0.2) is 31.1 Å². The molecule has 6 heteroatoms. The molecule has 0 unspecified atom stereocenters. The molecule has 0 bridgehead atoms. The Hall–Kier alpha value is -3.80. The van der Waals surface area contributed by atoms with E-state index in [9.17, 15) is 0 Å². The summed E-state index contributed by atoms with van der Waals surface area (Å²) < 4.78 is 1.79. The second-order valence-corrected chi connectivity index (χ2v) is 6.52. The molecular weight excluding hydrogens is 348 g/mol. The molecule has 0 saturated carbocycles. The molecule has 28 heavy (non-hydrogen) atoms. The third-order valence-corrected chi connectivity index (χ3v) is 4.66. The molecule has 5 aromatic rings. The number of hydrogen-bond acceptors (Lipinski definition) is 5. The van der Waals surface area contributed by atoms with Crippen molar-refractivity contribution >= 4 is 22.5 Å². The first kappa shape index (κ1) is 16.4. The number of para-hydroxylation sites is 1. The lowest BCUT2D eigenvalue weighted by atomic mass is 10.1. The fraction of sp³-hybridized carbons (Fsp3) is 0.0909. The summed E-state index contributed by atoms with van der Waals surface area (Å²) in [6.07, 6.45) is 4.40. The SMILES string of the molecule is c1ccc(CCNc2nc3ccccc3c3nc(-c4ccncc4)nn23)cc1. The van der Waals surface area contributed by atoms with Gasteiger partial charge in [-0.3, -0.25) is 4.98 Å². The Morgan fingerprint density at radius 2 is 1.61 bits per heavy atom. The van der Waals surface area contributed by atoms with Crippen LogP contribution < -0.4 is 5.32 Å². The standard InChI is InChI=1S/C22H18N6/c1-2-6-16(7-3-1)10-15-24-22-25-19-9-5-4-8-18(19)21-26-20(27-28(21)22)17-11-13-23-14-12-17/h1-9,11-14H,10,15H2,(H,24,25). The Morgan fingerprint density at radius 1 is 0.821 bits per heavy atom. The number of benzene rings is 2. The predicted octanol–water partition coefficient (Wildman–Crippen LogP) is 3.99. The lowest BCUT2D eigenvalue weighted by molar-refractivity contribution is 0.907. The van der Waals surface area contributed by atoms with Crippen LogP contribution in [0.5, 0.6) is 0 Å². The minimum Gasteiger partial charge on any atom is -0.354 e. The maximum atomic E-state index is 4.78. The van der Waals surface area contributed by atoms with Crippen LogP contribution >= 0.6 is 0 Å². The summed E-state index contributed by atoms with van der Waals surface area (Å²) in [4.78, 5) is 13.6. The summed E-state index contributed by atoms with van der Waals surface area (Å²) in [5.41, 5.74) is 3.90. The first-order valence-electron chi connectivity index (χ1n) is 9.22. The van der Waals surface area contributed by atoms with Gasteiger partial charge in [0.2, 0.25) is 5.95 Å². The molecule has 0 fully saturated rings. The minimum absolute atomic E-state index is 0.659. The van der Waals surface area contributed by atoms with Crippen LogP contribution in [0.3, 0.4) is 0 Å². The van der Waals surface area contributed by atoms with Crippen LogP contribution in [-0.2, 0) is 6.42 Å². The average molecular weight is 366 g/mol. The Balaban J connectivity index is 1.55. The van der Waals surface area contributed by atoms with Gasteiger partial charge >= 0.3 is 0 Å². The number of rotatable bonds is 5. The highest BCUT2D eigenvalue weighted by atomic mass is 15.4. The third-order valence-electron chi connectivity index (χ3n) is 4.66. The van der Waals surface area contributed by atoms with Gasteiger partial charge in [-0.05, 0) is 36.2 Å². The van der Waals surface area contributed by atoms with Gasteiger partial charge in [0, 0.05) is 29.9 Å². The molecule has 0 amide bonds. The van der Waals surface area contributed by atoms with Gasteiger partial charge in [0.1, 0.15) is 0 Å². The summed E-state index contributed by atoms with van der Waals surface area (Å²) in [6, 6.07) is 22.2. The van der Waals surface area contributed by atoms with Gasteiger partial charge in [0.05, 0.1) is 5.52 Å². The van der Waals surface area contributed by atoms with Crippen molar-refractivity contribution in [3.63, 3.8) is 0 Å². The van der Waals surface area contributed by atoms with Crippen LogP contribution in [0.15, 0.2) is 79.1 Å². The monoisotopic (exact) mass is 366 g/mol. The number of nitrogens with zero attached hydrogens (tertiary/aromatic N) is 5. The van der Waals surface area contributed by atoms with E-state index < -0.39 is 0 Å². The quantitative estimate of drug-likeness (QED) is 0.509. The van der Waals surface area contributed by atoms with Gasteiger partial charge in [-0.15, -0.1) is 5.10 Å². The van der Waals surface area contributed by atoms with Crippen molar-refractivity contribution in [2.24, 2.45) is 0 Å².